The van der Waals surface area contributed by atoms with Gasteiger partial charge in [-0.2, -0.15) is 0 Å². The molecule has 0 heterocycles. The number of hydrogen-bond acceptors (Lipinski definition) is 6. The molecule has 230 valence electrons. The molecule has 3 aromatic carbocycles. The highest BCUT2D eigenvalue weighted by atomic mass is 35.5. The Morgan fingerprint density at radius 1 is 0.930 bits per heavy atom. The van der Waals surface area contributed by atoms with Gasteiger partial charge in [0.1, 0.15) is 12.6 Å². The van der Waals surface area contributed by atoms with Crippen LogP contribution in [0.25, 0.3) is 0 Å². The predicted molar refractivity (Wildman–Crippen MR) is 167 cm³/mol. The van der Waals surface area contributed by atoms with E-state index in [1.165, 1.54) is 49.5 Å². The molecule has 43 heavy (non-hydrogen) atoms. The zero-order valence-electron chi connectivity index (χ0n) is 24.7. The largest absolute Gasteiger partial charge is 0.493 e. The molecule has 0 aromatic heterocycles. The van der Waals surface area contributed by atoms with E-state index in [0.717, 1.165) is 42.0 Å². The van der Waals surface area contributed by atoms with Crippen LogP contribution < -0.4 is 19.1 Å². The van der Waals surface area contributed by atoms with Crippen molar-refractivity contribution in [2.24, 2.45) is 0 Å². The fourth-order valence-electron chi connectivity index (χ4n) is 5.17. The topological polar surface area (TPSA) is 105 Å². The lowest BCUT2D eigenvalue weighted by molar-refractivity contribution is -0.139. The quantitative estimate of drug-likeness (QED) is 0.288. The Kier molecular flexibility index (Phi) is 10.9. The van der Waals surface area contributed by atoms with Crippen LogP contribution in [-0.2, 0) is 26.2 Å². The fourth-order valence-corrected chi connectivity index (χ4v) is 6.73. The van der Waals surface area contributed by atoms with Crippen molar-refractivity contribution >= 4 is 39.1 Å². The normalized spacial score (nSPS) is 14.4. The number of rotatable bonds is 12. The van der Waals surface area contributed by atoms with Crippen molar-refractivity contribution in [3.8, 4) is 11.5 Å². The molecule has 1 aliphatic carbocycles. The van der Waals surface area contributed by atoms with Gasteiger partial charge in [0.25, 0.3) is 10.0 Å². The van der Waals surface area contributed by atoms with Crippen LogP contribution in [0.4, 0.5) is 5.69 Å². The van der Waals surface area contributed by atoms with Gasteiger partial charge >= 0.3 is 0 Å². The standard InChI is InChI=1S/C32H38ClN3O6S/c1-23(32(38)34-26-12-8-5-9-13-26)35(21-24-10-6-4-7-11-24)31(37)22-36(27-16-14-25(33)15-17-27)43(39,40)28-18-19-29(41-2)30(20-28)42-3/h4,6-7,10-11,14-20,23,26H,5,8-9,12-13,21-22H2,1-3H3,(H,34,38)/t23-/m0/s1. The summed E-state index contributed by atoms with van der Waals surface area (Å²) in [5.41, 5.74) is 1.06. The van der Waals surface area contributed by atoms with E-state index in [4.69, 9.17) is 21.1 Å². The zero-order chi connectivity index (χ0) is 31.0. The number of carbonyl (C=O) groups is 2. The highest BCUT2D eigenvalue weighted by Gasteiger charge is 2.33. The molecular weight excluding hydrogens is 590 g/mol. The van der Waals surface area contributed by atoms with Gasteiger partial charge in [-0.25, -0.2) is 8.42 Å². The van der Waals surface area contributed by atoms with Crippen LogP contribution in [0.2, 0.25) is 5.02 Å². The van der Waals surface area contributed by atoms with Crippen LogP contribution in [0.1, 0.15) is 44.6 Å². The van der Waals surface area contributed by atoms with E-state index in [1.807, 2.05) is 30.3 Å². The summed E-state index contributed by atoms with van der Waals surface area (Å²) in [5.74, 6) is -0.210. The predicted octanol–water partition coefficient (Wildman–Crippen LogP) is 5.42. The third kappa shape index (κ3) is 8.00. The Bertz CT molecular complexity index is 1500. The van der Waals surface area contributed by atoms with Crippen LogP contribution in [-0.4, -0.2) is 58.0 Å². The minimum Gasteiger partial charge on any atom is -0.493 e. The number of ether oxygens (including phenoxy) is 2. The lowest BCUT2D eigenvalue weighted by Gasteiger charge is -2.33. The third-order valence-electron chi connectivity index (χ3n) is 7.65. The average Bonchev–Trinajstić information content (AvgIpc) is 3.03. The van der Waals surface area contributed by atoms with Crippen molar-refractivity contribution in [1.82, 2.24) is 10.2 Å². The molecule has 1 aliphatic rings. The van der Waals surface area contributed by atoms with Gasteiger partial charge in [-0.05, 0) is 61.7 Å². The van der Waals surface area contributed by atoms with Crippen molar-refractivity contribution in [3.63, 3.8) is 0 Å². The van der Waals surface area contributed by atoms with Crippen molar-refractivity contribution in [2.45, 2.75) is 62.6 Å². The molecule has 9 nitrogen and oxygen atoms in total. The van der Waals surface area contributed by atoms with E-state index in [2.05, 4.69) is 5.32 Å². The minimum atomic E-state index is -4.29. The molecule has 2 amide bonds. The highest BCUT2D eigenvalue weighted by molar-refractivity contribution is 7.92. The van der Waals surface area contributed by atoms with Gasteiger partial charge in [0.2, 0.25) is 11.8 Å². The molecule has 0 unspecified atom stereocenters. The number of sulfonamides is 1. The number of nitrogens with zero attached hydrogens (tertiary/aromatic N) is 2. The molecule has 1 fully saturated rings. The average molecular weight is 628 g/mol. The van der Waals surface area contributed by atoms with E-state index in [9.17, 15) is 18.0 Å². The highest BCUT2D eigenvalue weighted by Crippen LogP contribution is 2.33. The third-order valence-corrected chi connectivity index (χ3v) is 9.67. The van der Waals surface area contributed by atoms with Crippen LogP contribution in [0.5, 0.6) is 11.5 Å². The van der Waals surface area contributed by atoms with Gasteiger partial charge in [-0.1, -0.05) is 61.2 Å². The van der Waals surface area contributed by atoms with Gasteiger partial charge < -0.3 is 19.7 Å². The van der Waals surface area contributed by atoms with Crippen LogP contribution >= 0.6 is 11.6 Å². The molecule has 0 saturated heterocycles. The SMILES string of the molecule is COc1ccc(S(=O)(=O)N(CC(=O)N(Cc2ccccc2)[C@@H](C)C(=O)NC2CCCCC2)c2ccc(Cl)cc2)cc1OC. The van der Waals surface area contributed by atoms with Crippen LogP contribution in [0.3, 0.4) is 0 Å². The second-order valence-electron chi connectivity index (χ2n) is 10.5. The first kappa shape index (κ1) is 32.2. The van der Waals surface area contributed by atoms with Crippen molar-refractivity contribution in [2.75, 3.05) is 25.1 Å². The molecule has 0 bridgehead atoms. The van der Waals surface area contributed by atoms with Gasteiger partial charge in [0.15, 0.2) is 11.5 Å². The Labute approximate surface area is 258 Å². The maximum absolute atomic E-state index is 14.1. The van der Waals surface area contributed by atoms with E-state index in [-0.39, 0.29) is 34.8 Å². The Hall–Kier alpha value is -3.76. The van der Waals surface area contributed by atoms with E-state index < -0.39 is 28.5 Å². The molecule has 0 radical (unpaired) electrons. The summed E-state index contributed by atoms with van der Waals surface area (Å²) in [7, 11) is -1.42. The molecular formula is C32H38ClN3O6S. The fraction of sp³-hybridized carbons (Fsp3) is 0.375. The summed E-state index contributed by atoms with van der Waals surface area (Å²) in [4.78, 5) is 28.9. The lowest BCUT2D eigenvalue weighted by atomic mass is 9.95. The molecule has 0 spiro atoms. The first-order chi connectivity index (χ1) is 20.6. The maximum Gasteiger partial charge on any atom is 0.264 e. The molecule has 3 aromatic rings. The monoisotopic (exact) mass is 627 g/mol. The number of hydrogen-bond donors (Lipinski definition) is 1. The van der Waals surface area contributed by atoms with Gasteiger partial charge in [-0.15, -0.1) is 0 Å². The zero-order valence-corrected chi connectivity index (χ0v) is 26.2. The lowest BCUT2D eigenvalue weighted by Crippen LogP contribution is -2.53. The summed E-state index contributed by atoms with van der Waals surface area (Å²) in [6, 6.07) is 18.9. The summed E-state index contributed by atoms with van der Waals surface area (Å²) in [6.07, 6.45) is 5.06. The van der Waals surface area contributed by atoms with Gasteiger partial charge in [0.05, 0.1) is 24.8 Å². The molecule has 1 saturated carbocycles. The van der Waals surface area contributed by atoms with Crippen molar-refractivity contribution in [3.05, 3.63) is 83.4 Å². The minimum absolute atomic E-state index is 0.0633. The number of nitrogens with one attached hydrogen (secondary N) is 1. The summed E-state index contributed by atoms with van der Waals surface area (Å²) in [6.45, 7) is 1.25. The van der Waals surface area contributed by atoms with E-state index in [1.54, 1.807) is 19.1 Å². The maximum atomic E-state index is 14.1. The van der Waals surface area contributed by atoms with Crippen molar-refractivity contribution in [1.29, 1.82) is 0 Å². The first-order valence-corrected chi connectivity index (χ1v) is 16.1. The summed E-state index contributed by atoms with van der Waals surface area (Å²) >= 11 is 6.11. The Balaban J connectivity index is 1.69. The number of benzene rings is 3. The Morgan fingerprint density at radius 3 is 2.21 bits per heavy atom. The van der Waals surface area contributed by atoms with Crippen molar-refractivity contribution < 1.29 is 27.5 Å². The van der Waals surface area contributed by atoms with E-state index in [0.29, 0.717) is 10.8 Å². The number of carbonyl (C=O) groups excluding carboxylic acids is 2. The molecule has 0 aliphatic heterocycles. The number of amides is 2. The van der Waals surface area contributed by atoms with E-state index >= 15 is 0 Å². The molecule has 1 atom stereocenters. The van der Waals surface area contributed by atoms with Gasteiger partial charge in [-0.3, -0.25) is 13.9 Å². The van der Waals surface area contributed by atoms with Crippen LogP contribution in [0, 0.1) is 0 Å². The Morgan fingerprint density at radius 2 is 1.58 bits per heavy atom. The second kappa shape index (κ2) is 14.6. The number of halogens is 1. The second-order valence-corrected chi connectivity index (χ2v) is 12.8. The summed E-state index contributed by atoms with van der Waals surface area (Å²) < 4.78 is 39.9. The molecule has 1 N–H and O–H groups in total. The number of anilines is 1. The number of methoxy groups -OCH3 is 2. The molecule has 4 rings (SSSR count). The molecule has 11 heteroatoms. The first-order valence-electron chi connectivity index (χ1n) is 14.3. The van der Waals surface area contributed by atoms with Gasteiger partial charge in [0, 0.05) is 23.7 Å². The summed E-state index contributed by atoms with van der Waals surface area (Å²) in [5, 5.41) is 3.52. The van der Waals surface area contributed by atoms with Crippen LogP contribution in [0.15, 0.2) is 77.7 Å². The smallest absolute Gasteiger partial charge is 0.264 e.